The number of nitrogens with zero attached hydrogens (tertiary/aromatic N) is 3. The standard InChI is InChI=1S/C25H24N4O4/c1-16-6-3-8-19(12-16)33-24-21(25(31)29-10-4-7-17(2)22(29)28-24)13-18(14-26)23(30)27-15-20-9-5-11-32-20/h3-4,6-8,10,12-13,20H,5,9,11,15H2,1-2H3,(H,27,30). The molecule has 4 rings (SSSR count). The van der Waals surface area contributed by atoms with Crippen LogP contribution in [0.15, 0.2) is 53.0 Å². The average Bonchev–Trinajstić information content (AvgIpc) is 3.32. The number of ether oxygens (including phenoxy) is 2. The predicted octanol–water partition coefficient (Wildman–Crippen LogP) is 3.31. The molecular weight excluding hydrogens is 420 g/mol. The van der Waals surface area contributed by atoms with Gasteiger partial charge in [-0.1, -0.05) is 18.2 Å². The first-order valence-corrected chi connectivity index (χ1v) is 10.7. The van der Waals surface area contributed by atoms with E-state index in [1.807, 2.05) is 44.2 Å². The Labute approximate surface area is 191 Å². The van der Waals surface area contributed by atoms with E-state index < -0.39 is 11.5 Å². The van der Waals surface area contributed by atoms with Crippen LogP contribution >= 0.6 is 0 Å². The van der Waals surface area contributed by atoms with Crippen LogP contribution in [0, 0.1) is 25.2 Å². The number of carbonyl (C=O) groups excluding carboxylic acids is 1. The number of nitriles is 1. The Hall–Kier alpha value is -3.96. The van der Waals surface area contributed by atoms with Crippen LogP contribution in [0.5, 0.6) is 11.6 Å². The lowest BCUT2D eigenvalue weighted by molar-refractivity contribution is -0.117. The maximum Gasteiger partial charge on any atom is 0.269 e. The van der Waals surface area contributed by atoms with E-state index >= 15 is 0 Å². The topological polar surface area (TPSA) is 106 Å². The SMILES string of the molecule is Cc1cccc(Oc2nc3c(C)cccn3c(=O)c2C=C(C#N)C(=O)NCC2CCCO2)c1. The molecule has 0 bridgehead atoms. The molecule has 1 unspecified atom stereocenters. The van der Waals surface area contributed by atoms with E-state index in [0.29, 0.717) is 24.5 Å². The van der Waals surface area contributed by atoms with Gasteiger partial charge in [0.1, 0.15) is 28.6 Å². The molecule has 8 nitrogen and oxygen atoms in total. The van der Waals surface area contributed by atoms with Crippen LogP contribution in [0.4, 0.5) is 0 Å². The Morgan fingerprint density at radius 3 is 2.94 bits per heavy atom. The summed E-state index contributed by atoms with van der Waals surface area (Å²) in [7, 11) is 0. The van der Waals surface area contributed by atoms with Crippen LogP contribution in [0.3, 0.4) is 0 Å². The van der Waals surface area contributed by atoms with E-state index in [4.69, 9.17) is 9.47 Å². The third-order valence-electron chi connectivity index (χ3n) is 5.42. The highest BCUT2D eigenvalue weighted by atomic mass is 16.5. The number of carbonyl (C=O) groups is 1. The smallest absolute Gasteiger partial charge is 0.269 e. The van der Waals surface area contributed by atoms with Crippen LogP contribution in [0.1, 0.15) is 29.5 Å². The maximum absolute atomic E-state index is 13.3. The zero-order valence-electron chi connectivity index (χ0n) is 18.5. The van der Waals surface area contributed by atoms with Gasteiger partial charge in [0.15, 0.2) is 0 Å². The van der Waals surface area contributed by atoms with Gasteiger partial charge in [0.2, 0.25) is 5.88 Å². The number of hydrogen-bond acceptors (Lipinski definition) is 6. The Balaban J connectivity index is 1.76. The molecule has 1 amide bonds. The number of benzene rings is 1. The Morgan fingerprint density at radius 1 is 1.36 bits per heavy atom. The average molecular weight is 444 g/mol. The van der Waals surface area contributed by atoms with E-state index in [-0.39, 0.29) is 23.1 Å². The number of amides is 1. The molecule has 1 aromatic carbocycles. The number of aromatic nitrogens is 2. The van der Waals surface area contributed by atoms with E-state index in [0.717, 1.165) is 24.0 Å². The summed E-state index contributed by atoms with van der Waals surface area (Å²) in [6.07, 6.45) is 4.57. The highest BCUT2D eigenvalue weighted by Gasteiger charge is 2.20. The van der Waals surface area contributed by atoms with E-state index in [1.165, 1.54) is 10.5 Å². The van der Waals surface area contributed by atoms with Gasteiger partial charge < -0.3 is 14.8 Å². The summed E-state index contributed by atoms with van der Waals surface area (Å²) in [5, 5.41) is 12.3. The molecule has 33 heavy (non-hydrogen) atoms. The molecule has 1 aliphatic rings. The third kappa shape index (κ3) is 4.94. The van der Waals surface area contributed by atoms with Crippen molar-refractivity contribution >= 4 is 17.6 Å². The fourth-order valence-corrected chi connectivity index (χ4v) is 3.68. The largest absolute Gasteiger partial charge is 0.438 e. The number of rotatable bonds is 6. The van der Waals surface area contributed by atoms with E-state index in [1.54, 1.807) is 18.3 Å². The second kappa shape index (κ2) is 9.67. The summed E-state index contributed by atoms with van der Waals surface area (Å²) in [5.41, 5.74) is 1.56. The maximum atomic E-state index is 13.3. The normalized spacial score (nSPS) is 15.9. The van der Waals surface area contributed by atoms with Gasteiger partial charge >= 0.3 is 0 Å². The van der Waals surface area contributed by atoms with Crippen molar-refractivity contribution in [2.75, 3.05) is 13.2 Å². The monoisotopic (exact) mass is 444 g/mol. The van der Waals surface area contributed by atoms with Crippen molar-refractivity contribution in [2.24, 2.45) is 0 Å². The fraction of sp³-hybridized carbons (Fsp3) is 0.280. The molecular formula is C25H24N4O4. The van der Waals surface area contributed by atoms with Crippen LogP contribution in [0.2, 0.25) is 0 Å². The molecule has 3 aromatic rings. The fourth-order valence-electron chi connectivity index (χ4n) is 3.68. The predicted molar refractivity (Wildman–Crippen MR) is 123 cm³/mol. The van der Waals surface area contributed by atoms with Gasteiger partial charge in [0, 0.05) is 19.3 Å². The van der Waals surface area contributed by atoms with Gasteiger partial charge in [0.05, 0.1) is 6.10 Å². The first-order chi connectivity index (χ1) is 16.0. The Morgan fingerprint density at radius 2 is 2.21 bits per heavy atom. The van der Waals surface area contributed by atoms with Crippen molar-refractivity contribution in [1.82, 2.24) is 14.7 Å². The van der Waals surface area contributed by atoms with Gasteiger partial charge in [-0.25, -0.2) is 0 Å². The van der Waals surface area contributed by atoms with Crippen molar-refractivity contribution in [3.63, 3.8) is 0 Å². The van der Waals surface area contributed by atoms with E-state index in [9.17, 15) is 14.9 Å². The number of nitrogens with one attached hydrogen (secondary N) is 1. The summed E-state index contributed by atoms with van der Waals surface area (Å²) >= 11 is 0. The summed E-state index contributed by atoms with van der Waals surface area (Å²) < 4.78 is 12.9. The highest BCUT2D eigenvalue weighted by molar-refractivity contribution is 6.01. The first-order valence-electron chi connectivity index (χ1n) is 10.7. The van der Waals surface area contributed by atoms with Crippen molar-refractivity contribution in [3.8, 4) is 17.7 Å². The first kappa shape index (κ1) is 22.2. The zero-order chi connectivity index (χ0) is 23.4. The van der Waals surface area contributed by atoms with Crippen LogP contribution in [-0.2, 0) is 9.53 Å². The third-order valence-corrected chi connectivity index (χ3v) is 5.42. The lowest BCUT2D eigenvalue weighted by atomic mass is 10.1. The van der Waals surface area contributed by atoms with Gasteiger partial charge in [-0.2, -0.15) is 10.2 Å². The quantitative estimate of drug-likeness (QED) is 0.462. The molecule has 0 aliphatic carbocycles. The summed E-state index contributed by atoms with van der Waals surface area (Å²) in [5.74, 6) is -0.0568. The molecule has 1 aliphatic heterocycles. The van der Waals surface area contributed by atoms with Crippen molar-refractivity contribution < 1.29 is 14.3 Å². The molecule has 1 fully saturated rings. The lowest BCUT2D eigenvalue weighted by Gasteiger charge is -2.12. The zero-order valence-corrected chi connectivity index (χ0v) is 18.5. The summed E-state index contributed by atoms with van der Waals surface area (Å²) in [6, 6.07) is 12.8. The minimum absolute atomic E-state index is 0.0171. The number of pyridine rings is 1. The molecule has 0 saturated carbocycles. The second-order valence-corrected chi connectivity index (χ2v) is 7.95. The molecule has 0 spiro atoms. The minimum atomic E-state index is -0.580. The van der Waals surface area contributed by atoms with Crippen LogP contribution in [-0.4, -0.2) is 34.5 Å². The van der Waals surface area contributed by atoms with Crippen LogP contribution < -0.4 is 15.6 Å². The molecule has 168 valence electrons. The van der Waals surface area contributed by atoms with Gasteiger partial charge in [0.25, 0.3) is 11.5 Å². The molecule has 1 saturated heterocycles. The molecule has 8 heteroatoms. The molecule has 1 N–H and O–H groups in total. The molecule has 1 atom stereocenters. The van der Waals surface area contributed by atoms with Crippen molar-refractivity contribution in [2.45, 2.75) is 32.8 Å². The summed E-state index contributed by atoms with van der Waals surface area (Å²) in [6.45, 7) is 4.73. The second-order valence-electron chi connectivity index (χ2n) is 7.95. The number of aryl methyl sites for hydroxylation is 2. The number of fused-ring (bicyclic) bond motifs is 1. The van der Waals surface area contributed by atoms with Crippen molar-refractivity contribution in [1.29, 1.82) is 5.26 Å². The molecule has 2 aromatic heterocycles. The Bertz CT molecular complexity index is 1330. The lowest BCUT2D eigenvalue weighted by Crippen LogP contribution is -2.32. The van der Waals surface area contributed by atoms with Gasteiger partial charge in [-0.15, -0.1) is 0 Å². The van der Waals surface area contributed by atoms with Crippen LogP contribution in [0.25, 0.3) is 11.7 Å². The minimum Gasteiger partial charge on any atom is -0.438 e. The number of hydrogen-bond donors (Lipinski definition) is 1. The molecule has 0 radical (unpaired) electrons. The van der Waals surface area contributed by atoms with Crippen molar-refractivity contribution in [3.05, 3.63) is 75.2 Å². The highest BCUT2D eigenvalue weighted by Crippen LogP contribution is 2.25. The molecule has 3 heterocycles. The van der Waals surface area contributed by atoms with Gasteiger partial charge in [-0.05, 0) is 62.1 Å². The summed E-state index contributed by atoms with van der Waals surface area (Å²) in [4.78, 5) is 30.5. The van der Waals surface area contributed by atoms with E-state index in [2.05, 4.69) is 10.3 Å². The Kier molecular flexibility index (Phi) is 6.52. The van der Waals surface area contributed by atoms with Gasteiger partial charge in [-0.3, -0.25) is 14.0 Å².